The Bertz CT molecular complexity index is 482. The number of nitrogens with zero attached hydrogens (tertiary/aromatic N) is 1. The van der Waals surface area contributed by atoms with Crippen LogP contribution in [0.3, 0.4) is 0 Å². The van der Waals surface area contributed by atoms with Gasteiger partial charge < -0.3 is 15.4 Å². The van der Waals surface area contributed by atoms with Crippen molar-refractivity contribution in [3.05, 3.63) is 28.2 Å². The molecule has 1 fully saturated rings. The van der Waals surface area contributed by atoms with Gasteiger partial charge in [0.1, 0.15) is 10.8 Å². The average molecular weight is 303 g/mol. The van der Waals surface area contributed by atoms with Crippen LogP contribution >= 0.6 is 23.2 Å². The number of carbonyl (C=O) groups is 1. The van der Waals surface area contributed by atoms with E-state index in [1.54, 1.807) is 30.0 Å². The second kappa shape index (κ2) is 5.99. The predicted octanol–water partition coefficient (Wildman–Crippen LogP) is 2.32. The van der Waals surface area contributed by atoms with Gasteiger partial charge in [-0.15, -0.1) is 0 Å². The molecule has 0 bridgehead atoms. The van der Waals surface area contributed by atoms with E-state index in [0.717, 1.165) is 6.42 Å². The summed E-state index contributed by atoms with van der Waals surface area (Å²) in [6.07, 6.45) is 0.220. The summed E-state index contributed by atoms with van der Waals surface area (Å²) in [7, 11) is 0. The molecule has 2 N–H and O–H groups in total. The van der Waals surface area contributed by atoms with Gasteiger partial charge in [0.05, 0.1) is 5.02 Å². The van der Waals surface area contributed by atoms with Gasteiger partial charge in [-0.05, 0) is 25.5 Å². The van der Waals surface area contributed by atoms with Gasteiger partial charge in [0, 0.05) is 19.1 Å². The maximum absolute atomic E-state index is 12.2. The minimum absolute atomic E-state index is 0.0610. The van der Waals surface area contributed by atoms with Crippen molar-refractivity contribution < 1.29 is 9.53 Å². The Kier molecular flexibility index (Phi) is 4.55. The summed E-state index contributed by atoms with van der Waals surface area (Å²) in [6.45, 7) is 2.95. The van der Waals surface area contributed by atoms with Crippen LogP contribution in [0.15, 0.2) is 18.2 Å². The average Bonchev–Trinajstić information content (AvgIpc) is 2.80. The fourth-order valence-electron chi connectivity index (χ4n) is 2.06. The molecular formula is C13H16Cl2N2O2. The lowest BCUT2D eigenvalue weighted by molar-refractivity contribution is -0.136. The Morgan fingerprint density at radius 3 is 2.89 bits per heavy atom. The van der Waals surface area contributed by atoms with Crippen LogP contribution < -0.4 is 10.5 Å². The minimum Gasteiger partial charge on any atom is -0.479 e. The first kappa shape index (κ1) is 14.4. The lowest BCUT2D eigenvalue weighted by Crippen LogP contribution is -2.40. The van der Waals surface area contributed by atoms with Crippen molar-refractivity contribution in [1.82, 2.24) is 4.90 Å². The van der Waals surface area contributed by atoms with E-state index in [9.17, 15) is 4.79 Å². The molecule has 2 atom stereocenters. The van der Waals surface area contributed by atoms with E-state index in [4.69, 9.17) is 33.7 Å². The van der Waals surface area contributed by atoms with Crippen LogP contribution in [0.1, 0.15) is 13.3 Å². The zero-order valence-electron chi connectivity index (χ0n) is 10.6. The van der Waals surface area contributed by atoms with Crippen molar-refractivity contribution in [2.45, 2.75) is 25.5 Å². The number of amides is 1. The van der Waals surface area contributed by atoms with Crippen LogP contribution in [-0.4, -0.2) is 36.0 Å². The summed E-state index contributed by atoms with van der Waals surface area (Å²) in [5.74, 6) is 0.336. The molecule has 6 heteroatoms. The molecule has 19 heavy (non-hydrogen) atoms. The molecule has 0 unspecified atom stereocenters. The van der Waals surface area contributed by atoms with Gasteiger partial charge >= 0.3 is 0 Å². The molecule has 0 aliphatic carbocycles. The first-order valence-electron chi connectivity index (χ1n) is 6.14. The van der Waals surface area contributed by atoms with Crippen molar-refractivity contribution in [2.24, 2.45) is 5.73 Å². The fourth-order valence-corrected chi connectivity index (χ4v) is 2.40. The Hall–Kier alpha value is -0.970. The highest BCUT2D eigenvalue weighted by Crippen LogP contribution is 2.32. The maximum atomic E-state index is 12.2. The molecule has 1 aromatic rings. The standard InChI is InChI=1S/C13H16Cl2N2O2/c1-8(13(18)17-6-5-9(16)7-17)19-11-4-2-3-10(14)12(11)15/h2-4,8-9H,5-7,16H2,1H3/t8-,9+/m0/s1. The summed E-state index contributed by atoms with van der Waals surface area (Å²) in [6, 6.07) is 5.15. The molecule has 0 spiro atoms. The molecule has 0 radical (unpaired) electrons. The molecule has 1 aliphatic rings. The second-order valence-corrected chi connectivity index (χ2v) is 5.43. The third kappa shape index (κ3) is 3.32. The van der Waals surface area contributed by atoms with Crippen molar-refractivity contribution in [3.63, 3.8) is 0 Å². The monoisotopic (exact) mass is 302 g/mol. The number of likely N-dealkylation sites (tertiary alicyclic amines) is 1. The van der Waals surface area contributed by atoms with Crippen molar-refractivity contribution in [1.29, 1.82) is 0 Å². The molecule has 104 valence electrons. The van der Waals surface area contributed by atoms with Crippen molar-refractivity contribution in [3.8, 4) is 5.75 Å². The number of hydrogen-bond donors (Lipinski definition) is 1. The molecule has 1 aromatic carbocycles. The van der Waals surface area contributed by atoms with Crippen molar-refractivity contribution in [2.75, 3.05) is 13.1 Å². The Balaban J connectivity index is 2.02. The highest BCUT2D eigenvalue weighted by molar-refractivity contribution is 6.42. The molecule has 1 heterocycles. The number of hydrogen-bond acceptors (Lipinski definition) is 3. The predicted molar refractivity (Wildman–Crippen MR) is 75.7 cm³/mol. The van der Waals surface area contributed by atoms with Gasteiger partial charge in [-0.25, -0.2) is 0 Å². The quantitative estimate of drug-likeness (QED) is 0.932. The van der Waals surface area contributed by atoms with E-state index in [1.807, 2.05) is 0 Å². The molecular weight excluding hydrogens is 287 g/mol. The third-order valence-corrected chi connectivity index (χ3v) is 3.91. The molecule has 1 amide bonds. The Morgan fingerprint density at radius 1 is 1.53 bits per heavy atom. The van der Waals surface area contributed by atoms with E-state index in [1.165, 1.54) is 0 Å². The summed E-state index contributed by atoms with van der Waals surface area (Å²) in [4.78, 5) is 13.9. The van der Waals surface area contributed by atoms with Crippen LogP contribution in [0.5, 0.6) is 5.75 Å². The molecule has 1 saturated heterocycles. The van der Waals surface area contributed by atoms with Crippen LogP contribution in [-0.2, 0) is 4.79 Å². The van der Waals surface area contributed by atoms with Crippen molar-refractivity contribution >= 4 is 29.1 Å². The highest BCUT2D eigenvalue weighted by atomic mass is 35.5. The molecule has 0 saturated carbocycles. The zero-order valence-corrected chi connectivity index (χ0v) is 12.1. The van der Waals surface area contributed by atoms with Gasteiger partial charge in [0.2, 0.25) is 0 Å². The van der Waals surface area contributed by atoms with Crippen LogP contribution in [0.4, 0.5) is 0 Å². The van der Waals surface area contributed by atoms with E-state index >= 15 is 0 Å². The SMILES string of the molecule is C[C@H](Oc1cccc(Cl)c1Cl)C(=O)N1CC[C@@H](N)C1. The first-order chi connectivity index (χ1) is 8.99. The number of benzene rings is 1. The largest absolute Gasteiger partial charge is 0.479 e. The van der Waals surface area contributed by atoms with E-state index in [2.05, 4.69) is 0 Å². The summed E-state index contributed by atoms with van der Waals surface area (Å²) >= 11 is 11.9. The normalized spacial score (nSPS) is 20.4. The minimum atomic E-state index is -0.610. The van der Waals surface area contributed by atoms with Gasteiger partial charge in [0.25, 0.3) is 5.91 Å². The smallest absolute Gasteiger partial charge is 0.263 e. The number of rotatable bonds is 3. The summed E-state index contributed by atoms with van der Waals surface area (Å²) in [5.41, 5.74) is 5.79. The van der Waals surface area contributed by atoms with E-state index in [0.29, 0.717) is 28.9 Å². The van der Waals surface area contributed by atoms with Crippen LogP contribution in [0.2, 0.25) is 10.0 Å². The van der Waals surface area contributed by atoms with Gasteiger partial charge in [-0.1, -0.05) is 29.3 Å². The number of ether oxygens (including phenoxy) is 1. The topological polar surface area (TPSA) is 55.6 Å². The van der Waals surface area contributed by atoms with E-state index in [-0.39, 0.29) is 11.9 Å². The third-order valence-electron chi connectivity index (χ3n) is 3.10. The summed E-state index contributed by atoms with van der Waals surface area (Å²) in [5, 5.41) is 0.726. The molecule has 0 aromatic heterocycles. The first-order valence-corrected chi connectivity index (χ1v) is 6.89. The maximum Gasteiger partial charge on any atom is 0.263 e. The van der Waals surface area contributed by atoms with Crippen LogP contribution in [0, 0.1) is 0 Å². The fraction of sp³-hybridized carbons (Fsp3) is 0.462. The van der Waals surface area contributed by atoms with Gasteiger partial charge in [-0.2, -0.15) is 0 Å². The Labute approximate surface area is 122 Å². The molecule has 2 rings (SSSR count). The number of nitrogens with two attached hydrogens (primary N) is 1. The molecule has 4 nitrogen and oxygen atoms in total. The van der Waals surface area contributed by atoms with Gasteiger partial charge in [-0.3, -0.25) is 4.79 Å². The number of halogens is 2. The lowest BCUT2D eigenvalue weighted by atomic mass is 10.3. The zero-order chi connectivity index (χ0) is 14.0. The van der Waals surface area contributed by atoms with E-state index < -0.39 is 6.10 Å². The van der Waals surface area contributed by atoms with Gasteiger partial charge in [0.15, 0.2) is 6.10 Å². The Morgan fingerprint density at radius 2 is 2.26 bits per heavy atom. The molecule has 1 aliphatic heterocycles. The number of carbonyl (C=O) groups excluding carboxylic acids is 1. The van der Waals surface area contributed by atoms with Crippen LogP contribution in [0.25, 0.3) is 0 Å². The second-order valence-electron chi connectivity index (χ2n) is 4.65. The highest BCUT2D eigenvalue weighted by Gasteiger charge is 2.28. The summed E-state index contributed by atoms with van der Waals surface area (Å²) < 4.78 is 5.59. The lowest BCUT2D eigenvalue weighted by Gasteiger charge is -2.22.